The van der Waals surface area contributed by atoms with Gasteiger partial charge in [-0.1, -0.05) is 59.6 Å². The number of carbonyl (C=O) groups is 1. The van der Waals surface area contributed by atoms with Crippen LogP contribution in [-0.2, 0) is 17.6 Å². The van der Waals surface area contributed by atoms with Crippen molar-refractivity contribution in [3.05, 3.63) is 111 Å². The summed E-state index contributed by atoms with van der Waals surface area (Å²) in [5.41, 5.74) is 10.2. The average molecular weight is 502 g/mol. The molecule has 0 fully saturated rings. The van der Waals surface area contributed by atoms with Crippen LogP contribution in [0, 0.1) is 13.8 Å². The van der Waals surface area contributed by atoms with E-state index < -0.39 is 0 Å². The number of ether oxygens (including phenoxy) is 1. The Bertz CT molecular complexity index is 1240. The van der Waals surface area contributed by atoms with Gasteiger partial charge >= 0.3 is 0 Å². The highest BCUT2D eigenvalue weighted by atomic mass is 35.5. The Morgan fingerprint density at radius 1 is 0.917 bits per heavy atom. The van der Waals surface area contributed by atoms with Crippen molar-refractivity contribution in [2.45, 2.75) is 53.9 Å². The zero-order valence-electron chi connectivity index (χ0n) is 22.0. The van der Waals surface area contributed by atoms with Gasteiger partial charge in [0.25, 0.3) is 0 Å². The third-order valence-electron chi connectivity index (χ3n) is 6.31. The fraction of sp³-hybridized carbons (Fsp3) is 0.312. The Morgan fingerprint density at radius 3 is 2.17 bits per heavy atom. The molecule has 1 aliphatic rings. The van der Waals surface area contributed by atoms with E-state index in [2.05, 4.69) is 63.0 Å². The van der Waals surface area contributed by atoms with Crippen LogP contribution in [0.4, 0.5) is 0 Å². The highest BCUT2D eigenvalue weighted by Gasteiger charge is 2.12. The molecule has 0 aromatic heterocycles. The Labute approximate surface area is 220 Å². The van der Waals surface area contributed by atoms with Crippen molar-refractivity contribution >= 4 is 23.1 Å². The Morgan fingerprint density at radius 2 is 1.58 bits per heavy atom. The van der Waals surface area contributed by atoms with Gasteiger partial charge < -0.3 is 4.74 Å². The molecule has 36 heavy (non-hydrogen) atoms. The lowest BCUT2D eigenvalue weighted by Gasteiger charge is -2.09. The zero-order valence-corrected chi connectivity index (χ0v) is 22.8. The van der Waals surface area contributed by atoms with Crippen LogP contribution in [0.25, 0.3) is 0 Å². The SMILES string of the molecule is CC(=O)Cc1ccc(OCCC2=C(C)CN=C2C)cc1.Cc1ccc(Cc2ccc(Cl)cc2)c(C)c1. The standard InChI is InChI=1S/C17H21NO2.C15H15Cl/c1-12-11-18-14(3)17(12)8-9-20-16-6-4-15(5-7-16)10-13(2)19;1-11-3-6-14(12(2)9-11)10-13-4-7-15(16)8-5-13/h4-7H,8-11H2,1-3H3;3-9H,10H2,1-2H3. The van der Waals surface area contributed by atoms with Crippen LogP contribution in [0.2, 0.25) is 5.02 Å². The molecule has 3 aromatic rings. The largest absolute Gasteiger partial charge is 0.493 e. The van der Waals surface area contributed by atoms with Crippen molar-refractivity contribution in [2.24, 2.45) is 4.99 Å². The molecule has 188 valence electrons. The van der Waals surface area contributed by atoms with E-state index in [1.807, 2.05) is 36.4 Å². The van der Waals surface area contributed by atoms with Crippen molar-refractivity contribution in [3.8, 4) is 5.75 Å². The van der Waals surface area contributed by atoms with E-state index in [9.17, 15) is 4.79 Å². The second-order valence-electron chi connectivity index (χ2n) is 9.51. The summed E-state index contributed by atoms with van der Waals surface area (Å²) >= 11 is 5.87. The number of Topliss-reactive ketones (excluding diaryl/α,β-unsaturated/α-hetero) is 1. The monoisotopic (exact) mass is 501 g/mol. The summed E-state index contributed by atoms with van der Waals surface area (Å²) in [5.74, 6) is 1.03. The fourth-order valence-corrected chi connectivity index (χ4v) is 4.39. The topological polar surface area (TPSA) is 38.7 Å². The molecular weight excluding hydrogens is 466 g/mol. The highest BCUT2D eigenvalue weighted by molar-refractivity contribution is 6.30. The third-order valence-corrected chi connectivity index (χ3v) is 6.56. The first-order chi connectivity index (χ1) is 17.2. The van der Waals surface area contributed by atoms with Crippen LogP contribution in [0.5, 0.6) is 5.75 Å². The second kappa shape index (κ2) is 13.2. The van der Waals surface area contributed by atoms with Gasteiger partial charge in [-0.05, 0) is 98.7 Å². The van der Waals surface area contributed by atoms with Gasteiger partial charge in [-0.3, -0.25) is 9.79 Å². The summed E-state index contributed by atoms with van der Waals surface area (Å²) < 4.78 is 5.75. The molecule has 3 aromatic carbocycles. The predicted molar refractivity (Wildman–Crippen MR) is 152 cm³/mol. The van der Waals surface area contributed by atoms with Crippen molar-refractivity contribution in [1.29, 1.82) is 0 Å². The van der Waals surface area contributed by atoms with Gasteiger partial charge in [0.2, 0.25) is 0 Å². The molecule has 3 nitrogen and oxygen atoms in total. The van der Waals surface area contributed by atoms with Gasteiger partial charge in [0, 0.05) is 23.6 Å². The van der Waals surface area contributed by atoms with Crippen molar-refractivity contribution < 1.29 is 9.53 Å². The normalized spacial score (nSPS) is 12.7. The summed E-state index contributed by atoms with van der Waals surface area (Å²) in [6.07, 6.45) is 2.36. The molecule has 0 N–H and O–H groups in total. The maximum absolute atomic E-state index is 11.0. The zero-order chi connectivity index (χ0) is 26.1. The van der Waals surface area contributed by atoms with Gasteiger partial charge in [0.15, 0.2) is 0 Å². The predicted octanol–water partition coefficient (Wildman–Crippen LogP) is 7.93. The lowest BCUT2D eigenvalue weighted by atomic mass is 9.99. The number of halogens is 1. The minimum Gasteiger partial charge on any atom is -0.493 e. The number of hydrogen-bond acceptors (Lipinski definition) is 3. The first-order valence-corrected chi connectivity index (χ1v) is 12.8. The number of benzene rings is 3. The van der Waals surface area contributed by atoms with Crippen LogP contribution in [0.1, 0.15) is 55.0 Å². The van der Waals surface area contributed by atoms with Crippen molar-refractivity contribution in [1.82, 2.24) is 0 Å². The molecule has 0 aliphatic carbocycles. The highest BCUT2D eigenvalue weighted by Crippen LogP contribution is 2.20. The maximum Gasteiger partial charge on any atom is 0.134 e. The molecular formula is C32H36ClNO2. The Balaban J connectivity index is 0.000000205. The van der Waals surface area contributed by atoms with E-state index >= 15 is 0 Å². The molecule has 1 heterocycles. The van der Waals surface area contributed by atoms with Gasteiger partial charge in [-0.2, -0.15) is 0 Å². The van der Waals surface area contributed by atoms with E-state index in [-0.39, 0.29) is 5.78 Å². The number of aliphatic imine (C=N–C) groups is 1. The molecule has 4 heteroatoms. The molecule has 0 atom stereocenters. The molecule has 1 aliphatic heterocycles. The quantitative estimate of drug-likeness (QED) is 0.314. The van der Waals surface area contributed by atoms with Crippen LogP contribution in [0.15, 0.2) is 82.9 Å². The second-order valence-corrected chi connectivity index (χ2v) is 9.95. The van der Waals surface area contributed by atoms with Gasteiger partial charge in [-0.15, -0.1) is 0 Å². The Hall–Kier alpha value is -3.17. The Kier molecular flexibility index (Phi) is 10.1. The number of ketones is 1. The van der Waals surface area contributed by atoms with E-state index in [0.29, 0.717) is 13.0 Å². The van der Waals surface area contributed by atoms with E-state index in [4.69, 9.17) is 16.3 Å². The molecule has 0 unspecified atom stereocenters. The summed E-state index contributed by atoms with van der Waals surface area (Å²) in [6, 6.07) is 22.4. The van der Waals surface area contributed by atoms with Crippen LogP contribution < -0.4 is 4.74 Å². The van der Waals surface area contributed by atoms with E-state index in [0.717, 1.165) is 41.4 Å². The number of aryl methyl sites for hydroxylation is 2. The molecule has 4 rings (SSSR count). The lowest BCUT2D eigenvalue weighted by molar-refractivity contribution is -0.116. The molecule has 0 radical (unpaired) electrons. The van der Waals surface area contributed by atoms with E-state index in [1.165, 1.54) is 33.4 Å². The minimum atomic E-state index is 0.178. The van der Waals surface area contributed by atoms with Crippen molar-refractivity contribution in [3.63, 3.8) is 0 Å². The van der Waals surface area contributed by atoms with E-state index in [1.54, 1.807) is 6.92 Å². The summed E-state index contributed by atoms with van der Waals surface area (Å²) in [6.45, 7) is 11.6. The number of hydrogen-bond donors (Lipinski definition) is 0. The molecule has 0 amide bonds. The number of carbonyl (C=O) groups excluding carboxylic acids is 1. The third kappa shape index (κ3) is 8.49. The van der Waals surface area contributed by atoms with Crippen LogP contribution in [-0.4, -0.2) is 24.6 Å². The van der Waals surface area contributed by atoms with Gasteiger partial charge in [0.1, 0.15) is 11.5 Å². The average Bonchev–Trinajstić information content (AvgIpc) is 3.16. The van der Waals surface area contributed by atoms with Crippen LogP contribution >= 0.6 is 11.6 Å². The first kappa shape index (κ1) is 27.4. The van der Waals surface area contributed by atoms with Gasteiger partial charge in [0.05, 0.1) is 13.2 Å². The van der Waals surface area contributed by atoms with Crippen LogP contribution in [0.3, 0.4) is 0 Å². The van der Waals surface area contributed by atoms with Crippen molar-refractivity contribution in [2.75, 3.05) is 13.2 Å². The lowest BCUT2D eigenvalue weighted by Crippen LogP contribution is -2.04. The molecule has 0 bridgehead atoms. The summed E-state index contributed by atoms with van der Waals surface area (Å²) in [7, 11) is 0. The summed E-state index contributed by atoms with van der Waals surface area (Å²) in [5, 5.41) is 0.796. The smallest absolute Gasteiger partial charge is 0.134 e. The molecule has 0 saturated heterocycles. The first-order valence-electron chi connectivity index (χ1n) is 12.4. The fourth-order valence-electron chi connectivity index (χ4n) is 4.26. The molecule has 0 spiro atoms. The minimum absolute atomic E-state index is 0.178. The van der Waals surface area contributed by atoms with Gasteiger partial charge in [-0.25, -0.2) is 0 Å². The number of rotatable bonds is 8. The molecule has 0 saturated carbocycles. The maximum atomic E-state index is 11.0. The number of nitrogens with zero attached hydrogens (tertiary/aromatic N) is 1. The summed E-state index contributed by atoms with van der Waals surface area (Å²) in [4.78, 5) is 15.4.